The summed E-state index contributed by atoms with van der Waals surface area (Å²) in [7, 11) is 1.98. The Labute approximate surface area is 250 Å². The third kappa shape index (κ3) is 6.09. The van der Waals surface area contributed by atoms with Gasteiger partial charge in [-0.05, 0) is 99.6 Å². The fourth-order valence-corrected chi connectivity index (χ4v) is 7.65. The molecule has 8 nitrogen and oxygen atoms in total. The Balaban J connectivity index is 1.05. The van der Waals surface area contributed by atoms with Gasteiger partial charge in [0.15, 0.2) is 0 Å². The number of nitrogens with zero attached hydrogens (tertiary/aromatic N) is 2. The lowest BCUT2D eigenvalue weighted by molar-refractivity contribution is -0.147. The molecule has 1 unspecified atom stereocenters. The van der Waals surface area contributed by atoms with Crippen LogP contribution in [0.25, 0.3) is 0 Å². The molecular weight excluding hydrogens is 530 g/mol. The minimum Gasteiger partial charge on any atom is -0.480 e. The first kappa shape index (κ1) is 29.5. The molecule has 0 bridgehead atoms. The third-order valence-electron chi connectivity index (χ3n) is 9.94. The number of aromatic nitrogens is 1. The number of nitrogens with one attached hydrogen (secondary N) is 1. The lowest BCUT2D eigenvalue weighted by Crippen LogP contribution is -2.45. The normalized spacial score (nSPS) is 27.8. The largest absolute Gasteiger partial charge is 0.480 e. The Hall–Kier alpha value is -2.52. The molecule has 1 aliphatic carbocycles. The number of aliphatic carboxylic acids is 1. The predicted octanol–water partition coefficient (Wildman–Crippen LogP) is 5.60. The van der Waals surface area contributed by atoms with E-state index < -0.39 is 17.6 Å². The number of unbranched alkanes of at least 4 members (excludes halogenated alkanes) is 1. The molecule has 2 aromatic rings. The number of carboxylic acids is 1. The summed E-state index contributed by atoms with van der Waals surface area (Å²) < 4.78 is 18.6. The molecule has 42 heavy (non-hydrogen) atoms. The number of likely N-dealkylation sites (N-methyl/N-ethyl adjacent to an activating group) is 1. The van der Waals surface area contributed by atoms with Crippen molar-refractivity contribution in [2.75, 3.05) is 45.3 Å². The lowest BCUT2D eigenvalue weighted by atomic mass is 9.76. The van der Waals surface area contributed by atoms with Crippen LogP contribution in [0.1, 0.15) is 98.2 Å². The second-order valence-corrected chi connectivity index (χ2v) is 12.8. The van der Waals surface area contributed by atoms with Crippen LogP contribution in [0.3, 0.4) is 0 Å². The number of benzene rings is 1. The molecule has 2 N–H and O–H groups in total. The minimum absolute atomic E-state index is 0.131. The summed E-state index contributed by atoms with van der Waals surface area (Å²) in [4.78, 5) is 19.7. The molecule has 1 saturated heterocycles. The Morgan fingerprint density at radius 1 is 1.24 bits per heavy atom. The van der Waals surface area contributed by atoms with Crippen LogP contribution in [0.4, 0.5) is 5.82 Å². The molecule has 228 valence electrons. The number of carboxylic acid groups (broad SMARTS) is 1. The van der Waals surface area contributed by atoms with Gasteiger partial charge in [0.05, 0.1) is 19.3 Å². The number of ether oxygens (including phenoxy) is 3. The lowest BCUT2D eigenvalue weighted by Gasteiger charge is -2.45. The Bertz CT molecular complexity index is 1250. The van der Waals surface area contributed by atoms with Crippen molar-refractivity contribution in [1.82, 2.24) is 9.88 Å². The Kier molecular flexibility index (Phi) is 9.15. The Morgan fingerprint density at radius 3 is 2.98 bits per heavy atom. The predicted molar refractivity (Wildman–Crippen MR) is 162 cm³/mol. The zero-order valence-electron chi connectivity index (χ0n) is 25.3. The fraction of sp³-hybridized carbons (Fsp3) is 0.647. The molecule has 0 radical (unpaired) electrons. The highest BCUT2D eigenvalue weighted by molar-refractivity contribution is 5.76. The van der Waals surface area contributed by atoms with E-state index in [-0.39, 0.29) is 18.1 Å². The number of pyridine rings is 1. The van der Waals surface area contributed by atoms with Gasteiger partial charge in [-0.1, -0.05) is 31.2 Å². The van der Waals surface area contributed by atoms with Crippen LogP contribution in [0.5, 0.6) is 0 Å². The smallest absolute Gasteiger partial charge is 0.325 e. The van der Waals surface area contributed by atoms with Gasteiger partial charge in [-0.15, -0.1) is 0 Å². The van der Waals surface area contributed by atoms with E-state index in [4.69, 9.17) is 19.2 Å². The molecule has 3 aliphatic heterocycles. The van der Waals surface area contributed by atoms with Crippen LogP contribution in [-0.4, -0.2) is 73.1 Å². The van der Waals surface area contributed by atoms with E-state index in [0.717, 1.165) is 106 Å². The molecular formula is C34H47N3O5. The van der Waals surface area contributed by atoms with Crippen molar-refractivity contribution in [1.29, 1.82) is 0 Å². The quantitative estimate of drug-likeness (QED) is 0.353. The summed E-state index contributed by atoms with van der Waals surface area (Å²) in [5.41, 5.74) is 5.18. The molecule has 0 amide bonds. The molecule has 4 aliphatic rings. The first-order chi connectivity index (χ1) is 20.4. The van der Waals surface area contributed by atoms with Crippen molar-refractivity contribution in [2.45, 2.75) is 101 Å². The van der Waals surface area contributed by atoms with Crippen LogP contribution < -0.4 is 5.32 Å². The SMILES string of the molecule is C[C@@H]1CO[C@@]2(CCCOC2)c2cccc(C(C(=O)O)N(C)[C@H]3CC[C@H](OCCCCc4ccc5c(n4)NCCC5)C3)c21. The average molecular weight is 578 g/mol. The van der Waals surface area contributed by atoms with E-state index in [9.17, 15) is 9.90 Å². The molecule has 4 heterocycles. The maximum Gasteiger partial charge on any atom is 0.325 e. The summed E-state index contributed by atoms with van der Waals surface area (Å²) in [5, 5.41) is 14.0. The summed E-state index contributed by atoms with van der Waals surface area (Å²) in [6.07, 6.45) is 10.1. The topological polar surface area (TPSA) is 93.2 Å². The third-order valence-corrected chi connectivity index (χ3v) is 9.94. The van der Waals surface area contributed by atoms with Crippen LogP contribution in [0.15, 0.2) is 30.3 Å². The molecule has 5 atom stereocenters. The van der Waals surface area contributed by atoms with Gasteiger partial charge in [0.25, 0.3) is 0 Å². The highest BCUT2D eigenvalue weighted by Gasteiger charge is 2.45. The number of aryl methyl sites for hydroxylation is 2. The highest BCUT2D eigenvalue weighted by atomic mass is 16.5. The molecule has 8 heteroatoms. The molecule has 1 saturated carbocycles. The summed E-state index contributed by atoms with van der Waals surface area (Å²) in [6, 6.07) is 10.0. The van der Waals surface area contributed by atoms with Gasteiger partial charge in [0.2, 0.25) is 0 Å². The van der Waals surface area contributed by atoms with Crippen molar-refractivity contribution in [2.24, 2.45) is 0 Å². The van der Waals surface area contributed by atoms with E-state index in [1.807, 2.05) is 19.2 Å². The van der Waals surface area contributed by atoms with Gasteiger partial charge >= 0.3 is 5.97 Å². The van der Waals surface area contributed by atoms with Crippen LogP contribution in [0, 0.1) is 0 Å². The van der Waals surface area contributed by atoms with E-state index in [0.29, 0.717) is 13.2 Å². The number of hydrogen-bond acceptors (Lipinski definition) is 7. The van der Waals surface area contributed by atoms with Crippen molar-refractivity contribution >= 4 is 11.8 Å². The molecule has 1 aromatic heterocycles. The number of carbonyl (C=O) groups is 1. The number of hydrogen-bond donors (Lipinski definition) is 2. The van der Waals surface area contributed by atoms with Crippen LogP contribution in [0.2, 0.25) is 0 Å². The van der Waals surface area contributed by atoms with Gasteiger partial charge in [0.1, 0.15) is 17.5 Å². The summed E-state index contributed by atoms with van der Waals surface area (Å²) in [6.45, 7) is 5.77. The van der Waals surface area contributed by atoms with Gasteiger partial charge in [-0.3, -0.25) is 9.69 Å². The van der Waals surface area contributed by atoms with Crippen LogP contribution >= 0.6 is 0 Å². The summed E-state index contributed by atoms with van der Waals surface area (Å²) >= 11 is 0. The molecule has 6 rings (SSSR count). The minimum atomic E-state index is -0.797. The summed E-state index contributed by atoms with van der Waals surface area (Å²) in [5.74, 6) is 0.400. The monoisotopic (exact) mass is 577 g/mol. The first-order valence-corrected chi connectivity index (χ1v) is 16.1. The average Bonchev–Trinajstić information content (AvgIpc) is 3.48. The van der Waals surface area contributed by atoms with Crippen molar-refractivity contribution in [3.05, 3.63) is 58.3 Å². The molecule has 1 aromatic carbocycles. The number of anilines is 1. The maximum atomic E-state index is 12.8. The second-order valence-electron chi connectivity index (χ2n) is 12.8. The fourth-order valence-electron chi connectivity index (χ4n) is 7.65. The number of rotatable bonds is 10. The van der Waals surface area contributed by atoms with E-state index in [1.165, 1.54) is 12.0 Å². The Morgan fingerprint density at radius 2 is 2.14 bits per heavy atom. The second kappa shape index (κ2) is 13.0. The van der Waals surface area contributed by atoms with Crippen LogP contribution in [-0.2, 0) is 37.4 Å². The highest BCUT2D eigenvalue weighted by Crippen LogP contribution is 2.46. The first-order valence-electron chi connectivity index (χ1n) is 16.1. The number of fused-ring (bicyclic) bond motifs is 3. The van der Waals surface area contributed by atoms with Gasteiger partial charge in [-0.25, -0.2) is 4.98 Å². The van der Waals surface area contributed by atoms with Crippen molar-refractivity contribution in [3.63, 3.8) is 0 Å². The van der Waals surface area contributed by atoms with Gasteiger partial charge in [-0.2, -0.15) is 0 Å². The van der Waals surface area contributed by atoms with E-state index >= 15 is 0 Å². The molecule has 1 spiro atoms. The van der Waals surface area contributed by atoms with Gasteiger partial charge < -0.3 is 24.6 Å². The zero-order chi connectivity index (χ0) is 29.1. The zero-order valence-corrected chi connectivity index (χ0v) is 25.3. The van der Waals surface area contributed by atoms with Gasteiger partial charge in [0, 0.05) is 37.4 Å². The van der Waals surface area contributed by atoms with E-state index in [2.05, 4.69) is 35.3 Å². The van der Waals surface area contributed by atoms with Crippen molar-refractivity contribution in [3.8, 4) is 0 Å². The maximum absolute atomic E-state index is 12.8. The van der Waals surface area contributed by atoms with E-state index in [1.54, 1.807) is 0 Å². The standard InChI is InChI=1S/C34H47N3O5/c1-23-21-42-34(16-7-18-40-22-34)29-11-5-10-28(30(23)29)31(33(38)39)37(2)26-14-15-27(20-26)41-19-4-3-9-25-13-12-24-8-6-17-35-32(24)36-25/h5,10-13,23,26-27,31H,3-4,6-9,14-22H2,1-2H3,(H,35,36)(H,38,39)/t23-,26+,27+,31?,34-/m1/s1. The van der Waals surface area contributed by atoms with Crippen molar-refractivity contribution < 1.29 is 24.1 Å². The molecule has 2 fully saturated rings.